The molecule has 0 bridgehead atoms. The highest BCUT2D eigenvalue weighted by atomic mass is 32.2. The van der Waals surface area contributed by atoms with Crippen molar-refractivity contribution in [2.75, 3.05) is 26.1 Å². The molecule has 0 aliphatic carbocycles. The van der Waals surface area contributed by atoms with E-state index in [2.05, 4.69) is 5.32 Å². The first kappa shape index (κ1) is 17.5. The lowest BCUT2D eigenvalue weighted by Crippen LogP contribution is -2.38. The summed E-state index contributed by atoms with van der Waals surface area (Å²) in [6.07, 6.45) is 2.81. The van der Waals surface area contributed by atoms with Crippen molar-refractivity contribution in [3.8, 4) is 0 Å². The first-order chi connectivity index (χ1) is 9.47. The Bertz CT molecular complexity index is 500. The van der Waals surface area contributed by atoms with Gasteiger partial charge in [0.15, 0.2) is 0 Å². The van der Waals surface area contributed by atoms with Crippen LogP contribution in [0.4, 0.5) is 0 Å². The zero-order valence-electron chi connectivity index (χ0n) is 12.6. The molecule has 1 aromatic rings. The van der Waals surface area contributed by atoms with E-state index in [1.54, 1.807) is 30.9 Å². The fourth-order valence-electron chi connectivity index (χ4n) is 2.02. The fraction of sp³-hybridized carbons (Fsp3) is 0.571. The van der Waals surface area contributed by atoms with Crippen molar-refractivity contribution in [1.29, 1.82) is 0 Å². The summed E-state index contributed by atoms with van der Waals surface area (Å²) in [5.74, 6) is 0.810. The largest absolute Gasteiger partial charge is 0.316 e. The van der Waals surface area contributed by atoms with E-state index in [1.165, 1.54) is 4.31 Å². The maximum absolute atomic E-state index is 12.6. The van der Waals surface area contributed by atoms with Crippen molar-refractivity contribution in [2.45, 2.75) is 30.8 Å². The van der Waals surface area contributed by atoms with Gasteiger partial charge in [0.05, 0.1) is 4.90 Å². The van der Waals surface area contributed by atoms with Crippen molar-refractivity contribution < 1.29 is 8.42 Å². The van der Waals surface area contributed by atoms with Crippen LogP contribution in [0.5, 0.6) is 0 Å². The molecular formula is C14H24N2O2S2. The summed E-state index contributed by atoms with van der Waals surface area (Å²) >= 11 is 1.67. The van der Waals surface area contributed by atoms with Gasteiger partial charge < -0.3 is 5.32 Å². The standard InChI is InChI=1S/C14H24N2O2S2/c1-5-13(11-19-4)16(3)20(17,18)14-8-6-12(7-9-14)10-15-2/h6-9,13,15H,5,10-11H2,1-4H3. The molecule has 1 aromatic carbocycles. The second-order valence-corrected chi connectivity index (χ2v) is 7.62. The van der Waals surface area contributed by atoms with Gasteiger partial charge in [-0.25, -0.2) is 8.42 Å². The summed E-state index contributed by atoms with van der Waals surface area (Å²) in [4.78, 5) is 0.361. The van der Waals surface area contributed by atoms with Crippen LogP contribution in [0.15, 0.2) is 29.2 Å². The van der Waals surface area contributed by atoms with Crippen molar-refractivity contribution in [3.05, 3.63) is 29.8 Å². The molecule has 0 fully saturated rings. The molecule has 1 atom stereocenters. The third-order valence-electron chi connectivity index (χ3n) is 3.33. The van der Waals surface area contributed by atoms with Crippen molar-refractivity contribution in [2.24, 2.45) is 0 Å². The molecule has 4 nitrogen and oxygen atoms in total. The Morgan fingerprint density at radius 3 is 2.35 bits per heavy atom. The number of benzene rings is 1. The van der Waals surface area contributed by atoms with E-state index in [1.807, 2.05) is 32.4 Å². The summed E-state index contributed by atoms with van der Waals surface area (Å²) in [5, 5.41) is 3.05. The van der Waals surface area contributed by atoms with Gasteiger partial charge in [0.25, 0.3) is 0 Å². The highest BCUT2D eigenvalue weighted by molar-refractivity contribution is 7.98. The maximum Gasteiger partial charge on any atom is 0.243 e. The number of hydrogen-bond acceptors (Lipinski definition) is 4. The van der Waals surface area contributed by atoms with Crippen LogP contribution < -0.4 is 5.32 Å². The molecule has 20 heavy (non-hydrogen) atoms. The Balaban J connectivity index is 2.97. The van der Waals surface area contributed by atoms with E-state index in [0.29, 0.717) is 4.90 Å². The van der Waals surface area contributed by atoms with E-state index >= 15 is 0 Å². The lowest BCUT2D eigenvalue weighted by molar-refractivity contribution is 0.385. The SMILES string of the molecule is CCC(CSC)N(C)S(=O)(=O)c1ccc(CNC)cc1. The van der Waals surface area contributed by atoms with Gasteiger partial charge in [-0.05, 0) is 37.4 Å². The highest BCUT2D eigenvalue weighted by Gasteiger charge is 2.26. The normalized spacial score (nSPS) is 13.7. The van der Waals surface area contributed by atoms with Gasteiger partial charge in [0.2, 0.25) is 10.0 Å². The molecule has 114 valence electrons. The fourth-order valence-corrected chi connectivity index (χ4v) is 4.39. The third kappa shape index (κ3) is 4.22. The molecule has 0 spiro atoms. The quantitative estimate of drug-likeness (QED) is 0.798. The second kappa shape index (κ2) is 8.02. The van der Waals surface area contributed by atoms with Crippen LogP contribution in [-0.2, 0) is 16.6 Å². The topological polar surface area (TPSA) is 49.4 Å². The average Bonchev–Trinajstić information content (AvgIpc) is 2.45. The minimum Gasteiger partial charge on any atom is -0.316 e. The van der Waals surface area contributed by atoms with Gasteiger partial charge in [0.1, 0.15) is 0 Å². The minimum atomic E-state index is -3.40. The molecule has 0 saturated heterocycles. The van der Waals surface area contributed by atoms with Crippen LogP contribution in [-0.4, -0.2) is 44.9 Å². The van der Waals surface area contributed by atoms with Crippen molar-refractivity contribution >= 4 is 21.8 Å². The van der Waals surface area contributed by atoms with Crippen LogP contribution >= 0.6 is 11.8 Å². The number of sulfonamides is 1. The molecule has 0 aromatic heterocycles. The van der Waals surface area contributed by atoms with Crippen LogP contribution in [0, 0.1) is 0 Å². The average molecular weight is 316 g/mol. The third-order valence-corrected chi connectivity index (χ3v) is 5.97. The zero-order chi connectivity index (χ0) is 15.2. The van der Waals surface area contributed by atoms with Gasteiger partial charge in [-0.1, -0.05) is 19.1 Å². The van der Waals surface area contributed by atoms with E-state index in [4.69, 9.17) is 0 Å². The van der Waals surface area contributed by atoms with Crippen LogP contribution in [0.2, 0.25) is 0 Å². The lowest BCUT2D eigenvalue weighted by atomic mass is 10.2. The Morgan fingerprint density at radius 1 is 1.30 bits per heavy atom. The monoisotopic (exact) mass is 316 g/mol. The van der Waals surface area contributed by atoms with E-state index < -0.39 is 10.0 Å². The Labute approximate surface area is 127 Å². The number of hydrogen-bond donors (Lipinski definition) is 1. The minimum absolute atomic E-state index is 0.0342. The Morgan fingerprint density at radius 2 is 1.90 bits per heavy atom. The molecule has 0 radical (unpaired) electrons. The molecule has 6 heteroatoms. The summed E-state index contributed by atoms with van der Waals surface area (Å²) in [7, 11) is 0.131. The summed E-state index contributed by atoms with van der Waals surface area (Å²) in [6.45, 7) is 2.75. The molecule has 0 aliphatic heterocycles. The molecule has 1 N–H and O–H groups in total. The van der Waals surface area contributed by atoms with Crippen LogP contribution in [0.3, 0.4) is 0 Å². The maximum atomic E-state index is 12.6. The van der Waals surface area contributed by atoms with Crippen molar-refractivity contribution in [3.63, 3.8) is 0 Å². The highest BCUT2D eigenvalue weighted by Crippen LogP contribution is 2.20. The number of nitrogens with zero attached hydrogens (tertiary/aromatic N) is 1. The number of rotatable bonds is 8. The predicted molar refractivity (Wildman–Crippen MR) is 86.6 cm³/mol. The molecule has 0 aliphatic rings. The van der Waals surface area contributed by atoms with Crippen molar-refractivity contribution in [1.82, 2.24) is 9.62 Å². The van der Waals surface area contributed by atoms with E-state index in [9.17, 15) is 8.42 Å². The predicted octanol–water partition coefficient (Wildman–Crippen LogP) is 2.17. The summed E-state index contributed by atoms with van der Waals surface area (Å²) < 4.78 is 26.7. The van der Waals surface area contributed by atoms with E-state index in [0.717, 1.165) is 24.3 Å². The Hall–Kier alpha value is -0.560. The first-order valence-corrected chi connectivity index (χ1v) is 9.51. The summed E-state index contributed by atoms with van der Waals surface area (Å²) in [5.41, 5.74) is 1.07. The smallest absolute Gasteiger partial charge is 0.243 e. The number of thioether (sulfide) groups is 1. The van der Waals surface area contributed by atoms with Crippen LogP contribution in [0.25, 0.3) is 0 Å². The number of nitrogens with one attached hydrogen (secondary N) is 1. The van der Waals surface area contributed by atoms with E-state index in [-0.39, 0.29) is 6.04 Å². The first-order valence-electron chi connectivity index (χ1n) is 6.67. The molecular weight excluding hydrogens is 292 g/mol. The zero-order valence-corrected chi connectivity index (χ0v) is 14.2. The van der Waals surface area contributed by atoms with Gasteiger partial charge in [-0.15, -0.1) is 0 Å². The molecule has 0 heterocycles. The lowest BCUT2D eigenvalue weighted by Gasteiger charge is -2.26. The molecule has 1 unspecified atom stereocenters. The molecule has 0 saturated carbocycles. The van der Waals surface area contributed by atoms with Gasteiger partial charge in [0, 0.05) is 25.4 Å². The van der Waals surface area contributed by atoms with Gasteiger partial charge in [-0.3, -0.25) is 0 Å². The van der Waals surface area contributed by atoms with Gasteiger partial charge in [-0.2, -0.15) is 16.1 Å². The van der Waals surface area contributed by atoms with Gasteiger partial charge >= 0.3 is 0 Å². The molecule has 1 rings (SSSR count). The Kier molecular flexibility index (Phi) is 7.02. The van der Waals surface area contributed by atoms with Crippen LogP contribution in [0.1, 0.15) is 18.9 Å². The molecule has 0 amide bonds. The second-order valence-electron chi connectivity index (χ2n) is 4.71. The summed E-state index contributed by atoms with van der Waals surface area (Å²) in [6, 6.07) is 7.11.